The predicted octanol–water partition coefficient (Wildman–Crippen LogP) is 2.34. The van der Waals surface area contributed by atoms with Crippen molar-refractivity contribution < 1.29 is 0 Å². The van der Waals surface area contributed by atoms with Crippen LogP contribution in [0.2, 0.25) is 0 Å². The van der Waals surface area contributed by atoms with Crippen LogP contribution in [0.15, 0.2) is 5.03 Å². The minimum atomic E-state index is 0.560. The predicted molar refractivity (Wildman–Crippen MR) is 50.6 cm³/mol. The third-order valence-electron chi connectivity index (χ3n) is 1.83. The standard InChI is InChI=1S/C7H10N2S2/c1-4-8-6-7(10-4)9(3)5(2)11-6/h5H,1-3H3. The molecule has 1 aliphatic heterocycles. The van der Waals surface area contributed by atoms with Gasteiger partial charge in [-0.2, -0.15) is 0 Å². The third kappa shape index (κ3) is 1.05. The largest absolute Gasteiger partial charge is 0.352 e. The molecular formula is C7H10N2S2. The zero-order valence-corrected chi connectivity index (χ0v) is 8.42. The van der Waals surface area contributed by atoms with E-state index >= 15 is 0 Å². The second-order valence-electron chi connectivity index (χ2n) is 2.67. The van der Waals surface area contributed by atoms with Crippen molar-refractivity contribution in [2.24, 2.45) is 0 Å². The molecule has 2 heterocycles. The number of thioether (sulfide) groups is 1. The number of rotatable bonds is 0. The van der Waals surface area contributed by atoms with Crippen LogP contribution in [0.4, 0.5) is 5.00 Å². The summed E-state index contributed by atoms with van der Waals surface area (Å²) in [5.41, 5.74) is 0. The summed E-state index contributed by atoms with van der Waals surface area (Å²) in [5, 5.41) is 4.27. The molecule has 0 saturated carbocycles. The monoisotopic (exact) mass is 186 g/mol. The topological polar surface area (TPSA) is 16.1 Å². The number of anilines is 1. The van der Waals surface area contributed by atoms with E-state index in [0.717, 1.165) is 0 Å². The lowest BCUT2D eigenvalue weighted by atomic mass is 10.6. The van der Waals surface area contributed by atoms with E-state index in [0.29, 0.717) is 5.37 Å². The van der Waals surface area contributed by atoms with Crippen LogP contribution < -0.4 is 4.90 Å². The molecule has 1 unspecified atom stereocenters. The summed E-state index contributed by atoms with van der Waals surface area (Å²) in [6.07, 6.45) is 0. The molecule has 0 amide bonds. The Bertz CT molecular complexity index is 282. The van der Waals surface area contributed by atoms with Gasteiger partial charge in [-0.1, -0.05) is 11.8 Å². The molecule has 0 fully saturated rings. The Balaban J connectivity index is 2.44. The average Bonchev–Trinajstić information content (AvgIpc) is 2.37. The fourth-order valence-corrected chi connectivity index (χ4v) is 3.37. The first-order chi connectivity index (χ1) is 5.18. The Hall–Kier alpha value is -0.220. The van der Waals surface area contributed by atoms with Gasteiger partial charge in [-0.25, -0.2) is 4.98 Å². The van der Waals surface area contributed by atoms with E-state index in [1.165, 1.54) is 15.0 Å². The lowest BCUT2D eigenvalue weighted by molar-refractivity contribution is 0.933. The number of nitrogens with zero attached hydrogens (tertiary/aromatic N) is 2. The normalized spacial score (nSPS) is 22.5. The molecule has 2 nitrogen and oxygen atoms in total. The molecule has 4 heteroatoms. The highest BCUT2D eigenvalue weighted by molar-refractivity contribution is 8.00. The van der Waals surface area contributed by atoms with Gasteiger partial charge in [0, 0.05) is 7.05 Å². The SMILES string of the molecule is Cc1nc2c(s1)N(C)C(C)S2. The molecule has 0 spiro atoms. The van der Waals surface area contributed by atoms with Crippen molar-refractivity contribution in [2.45, 2.75) is 24.2 Å². The lowest BCUT2D eigenvalue weighted by Gasteiger charge is -2.14. The maximum Gasteiger partial charge on any atom is 0.133 e. The molecule has 1 aliphatic rings. The Kier molecular flexibility index (Phi) is 1.61. The quantitative estimate of drug-likeness (QED) is 0.618. The summed E-state index contributed by atoms with van der Waals surface area (Å²) in [6, 6.07) is 0. The van der Waals surface area contributed by atoms with Gasteiger partial charge < -0.3 is 4.90 Å². The van der Waals surface area contributed by atoms with Gasteiger partial charge in [0.25, 0.3) is 0 Å². The first-order valence-corrected chi connectivity index (χ1v) is 5.25. The van der Waals surface area contributed by atoms with Crippen LogP contribution in [0.3, 0.4) is 0 Å². The van der Waals surface area contributed by atoms with Gasteiger partial charge >= 0.3 is 0 Å². The van der Waals surface area contributed by atoms with Crippen LogP contribution >= 0.6 is 23.1 Å². The first kappa shape index (κ1) is 7.43. The Morgan fingerprint density at radius 3 is 2.91 bits per heavy atom. The molecule has 1 atom stereocenters. The van der Waals surface area contributed by atoms with Gasteiger partial charge in [0.2, 0.25) is 0 Å². The van der Waals surface area contributed by atoms with Gasteiger partial charge in [-0.05, 0) is 13.8 Å². The molecule has 0 bridgehead atoms. The average molecular weight is 186 g/mol. The summed E-state index contributed by atoms with van der Waals surface area (Å²) >= 11 is 3.63. The van der Waals surface area contributed by atoms with E-state index < -0.39 is 0 Å². The van der Waals surface area contributed by atoms with Gasteiger partial charge in [0.1, 0.15) is 10.0 Å². The molecule has 0 aromatic carbocycles. The van der Waals surface area contributed by atoms with Crippen molar-refractivity contribution in [2.75, 3.05) is 11.9 Å². The fourth-order valence-electron chi connectivity index (χ4n) is 1.10. The summed E-state index contributed by atoms with van der Waals surface area (Å²) in [6.45, 7) is 4.26. The van der Waals surface area contributed by atoms with Crippen LogP contribution in [0.25, 0.3) is 0 Å². The van der Waals surface area contributed by atoms with E-state index in [1.54, 1.807) is 11.3 Å². The molecule has 1 aromatic rings. The van der Waals surface area contributed by atoms with E-state index in [9.17, 15) is 0 Å². The van der Waals surface area contributed by atoms with Gasteiger partial charge in [0.05, 0.1) is 10.4 Å². The molecule has 0 saturated heterocycles. The van der Waals surface area contributed by atoms with Crippen molar-refractivity contribution in [3.8, 4) is 0 Å². The third-order valence-corrected chi connectivity index (χ3v) is 4.19. The highest BCUT2D eigenvalue weighted by Crippen LogP contribution is 2.45. The minimum Gasteiger partial charge on any atom is -0.352 e. The molecule has 2 rings (SSSR count). The summed E-state index contributed by atoms with van der Waals surface area (Å²) in [4.78, 5) is 6.71. The number of aryl methyl sites for hydroxylation is 1. The number of aromatic nitrogens is 1. The van der Waals surface area contributed by atoms with Crippen LogP contribution in [-0.2, 0) is 0 Å². The molecule has 11 heavy (non-hydrogen) atoms. The summed E-state index contributed by atoms with van der Waals surface area (Å²) in [7, 11) is 2.13. The lowest BCUT2D eigenvalue weighted by Crippen LogP contribution is -2.19. The zero-order valence-electron chi connectivity index (χ0n) is 6.79. The van der Waals surface area contributed by atoms with Crippen LogP contribution in [0, 0.1) is 6.92 Å². The van der Waals surface area contributed by atoms with Crippen molar-refractivity contribution >= 4 is 28.1 Å². The van der Waals surface area contributed by atoms with Crippen molar-refractivity contribution in [1.29, 1.82) is 0 Å². The Morgan fingerprint density at radius 2 is 2.27 bits per heavy atom. The van der Waals surface area contributed by atoms with Gasteiger partial charge in [-0.3, -0.25) is 0 Å². The Morgan fingerprint density at radius 1 is 1.55 bits per heavy atom. The fraction of sp³-hybridized carbons (Fsp3) is 0.571. The van der Waals surface area contributed by atoms with E-state index in [-0.39, 0.29) is 0 Å². The maximum atomic E-state index is 4.43. The number of hydrogen-bond acceptors (Lipinski definition) is 4. The van der Waals surface area contributed by atoms with E-state index in [2.05, 4.69) is 30.8 Å². The van der Waals surface area contributed by atoms with E-state index in [1.807, 2.05) is 11.8 Å². The van der Waals surface area contributed by atoms with Crippen molar-refractivity contribution in [1.82, 2.24) is 4.98 Å². The maximum absolute atomic E-state index is 4.43. The van der Waals surface area contributed by atoms with Gasteiger partial charge in [0.15, 0.2) is 0 Å². The second kappa shape index (κ2) is 2.38. The summed E-state index contributed by atoms with van der Waals surface area (Å²) < 4.78 is 0. The number of fused-ring (bicyclic) bond motifs is 1. The number of thiazole rings is 1. The van der Waals surface area contributed by atoms with Crippen LogP contribution in [0.1, 0.15) is 11.9 Å². The van der Waals surface area contributed by atoms with Crippen LogP contribution in [0.5, 0.6) is 0 Å². The van der Waals surface area contributed by atoms with Crippen LogP contribution in [-0.4, -0.2) is 17.4 Å². The smallest absolute Gasteiger partial charge is 0.133 e. The van der Waals surface area contributed by atoms with Gasteiger partial charge in [-0.15, -0.1) is 11.3 Å². The molecule has 0 radical (unpaired) electrons. The molecular weight excluding hydrogens is 176 g/mol. The number of hydrogen-bond donors (Lipinski definition) is 0. The Labute approximate surface area is 74.6 Å². The molecule has 0 N–H and O–H groups in total. The minimum absolute atomic E-state index is 0.560. The highest BCUT2D eigenvalue weighted by Gasteiger charge is 2.26. The van der Waals surface area contributed by atoms with Crippen molar-refractivity contribution in [3.05, 3.63) is 5.01 Å². The molecule has 0 aliphatic carbocycles. The van der Waals surface area contributed by atoms with E-state index in [4.69, 9.17) is 0 Å². The molecule has 60 valence electrons. The zero-order chi connectivity index (χ0) is 8.01. The molecule has 1 aromatic heterocycles. The second-order valence-corrected chi connectivity index (χ2v) is 5.16. The summed E-state index contributed by atoms with van der Waals surface area (Å²) in [5.74, 6) is 0. The van der Waals surface area contributed by atoms with Crippen molar-refractivity contribution in [3.63, 3.8) is 0 Å². The highest BCUT2D eigenvalue weighted by atomic mass is 32.2. The first-order valence-electron chi connectivity index (χ1n) is 3.55.